The van der Waals surface area contributed by atoms with E-state index < -0.39 is 11.7 Å². The first-order valence-electron chi connectivity index (χ1n) is 11.0. The number of anilines is 2. The molecule has 0 atom stereocenters. The Labute approximate surface area is 205 Å². The second kappa shape index (κ2) is 9.26. The maximum Gasteiger partial charge on any atom is 0.417 e. The van der Waals surface area contributed by atoms with Gasteiger partial charge in [0.25, 0.3) is 5.56 Å². The normalized spacial score (nSPS) is 15.6. The SMILES string of the molecule is CC(C)(C)n1sc(-c2ccccc2)c(NC2CCN(c3ncc(C(F)(F)F)cc3Cl)CC2)c1=O. The highest BCUT2D eigenvalue weighted by atomic mass is 35.5. The number of hydrogen-bond donors (Lipinski definition) is 1. The van der Waals surface area contributed by atoms with Gasteiger partial charge >= 0.3 is 6.18 Å². The average Bonchev–Trinajstić information content (AvgIpc) is 3.11. The minimum Gasteiger partial charge on any atom is -0.376 e. The minimum atomic E-state index is -4.48. The zero-order chi connectivity index (χ0) is 24.7. The Morgan fingerprint density at radius 2 is 1.76 bits per heavy atom. The van der Waals surface area contributed by atoms with Crippen molar-refractivity contribution in [1.29, 1.82) is 0 Å². The highest BCUT2D eigenvalue weighted by molar-refractivity contribution is 7.11. The molecule has 4 rings (SSSR count). The van der Waals surface area contributed by atoms with Gasteiger partial charge in [-0.2, -0.15) is 13.2 Å². The topological polar surface area (TPSA) is 50.2 Å². The van der Waals surface area contributed by atoms with Crippen LogP contribution in [0.1, 0.15) is 39.2 Å². The zero-order valence-electron chi connectivity index (χ0n) is 19.1. The summed E-state index contributed by atoms with van der Waals surface area (Å²) in [5.41, 5.74) is 0.313. The first-order valence-corrected chi connectivity index (χ1v) is 12.2. The molecule has 1 aliphatic heterocycles. The third kappa shape index (κ3) is 5.10. The van der Waals surface area contributed by atoms with Crippen molar-refractivity contribution in [1.82, 2.24) is 8.94 Å². The summed E-state index contributed by atoms with van der Waals surface area (Å²) in [6.45, 7) is 7.14. The highest BCUT2D eigenvalue weighted by Crippen LogP contribution is 2.36. The number of nitrogens with one attached hydrogen (secondary N) is 1. The number of piperidine rings is 1. The third-order valence-corrected chi connectivity index (χ3v) is 7.54. The molecule has 2 aromatic heterocycles. The lowest BCUT2D eigenvalue weighted by atomic mass is 10.0. The van der Waals surface area contributed by atoms with Crippen molar-refractivity contribution in [2.75, 3.05) is 23.3 Å². The predicted octanol–water partition coefficient (Wildman–Crippen LogP) is 6.48. The Balaban J connectivity index is 1.53. The van der Waals surface area contributed by atoms with Gasteiger partial charge in [-0.25, -0.2) is 4.98 Å². The van der Waals surface area contributed by atoms with Crippen LogP contribution in [0.2, 0.25) is 5.02 Å². The summed E-state index contributed by atoms with van der Waals surface area (Å²) in [4.78, 5) is 20.1. The quantitative estimate of drug-likeness (QED) is 0.436. The minimum absolute atomic E-state index is 0.0153. The molecule has 182 valence electrons. The molecule has 0 saturated carbocycles. The van der Waals surface area contributed by atoms with E-state index in [-0.39, 0.29) is 22.2 Å². The summed E-state index contributed by atoms with van der Waals surface area (Å²) < 4.78 is 40.5. The molecule has 34 heavy (non-hydrogen) atoms. The zero-order valence-corrected chi connectivity index (χ0v) is 20.7. The molecule has 0 bridgehead atoms. The molecule has 1 aromatic carbocycles. The monoisotopic (exact) mass is 510 g/mol. The molecule has 0 spiro atoms. The van der Waals surface area contributed by atoms with E-state index >= 15 is 0 Å². The Bertz CT molecular complexity index is 1210. The molecular weight excluding hydrogens is 485 g/mol. The molecule has 3 aromatic rings. The first-order chi connectivity index (χ1) is 15.9. The fourth-order valence-electron chi connectivity index (χ4n) is 3.99. The van der Waals surface area contributed by atoms with E-state index in [0.29, 0.717) is 37.4 Å². The van der Waals surface area contributed by atoms with Crippen LogP contribution in [0.15, 0.2) is 47.4 Å². The van der Waals surface area contributed by atoms with Gasteiger partial charge in [0.1, 0.15) is 11.5 Å². The van der Waals surface area contributed by atoms with Crippen LogP contribution < -0.4 is 15.8 Å². The number of halogens is 4. The molecule has 10 heteroatoms. The lowest BCUT2D eigenvalue weighted by Crippen LogP contribution is -2.40. The predicted molar refractivity (Wildman–Crippen MR) is 132 cm³/mol. The van der Waals surface area contributed by atoms with Crippen LogP contribution >= 0.6 is 23.1 Å². The largest absolute Gasteiger partial charge is 0.417 e. The molecule has 1 aliphatic rings. The van der Waals surface area contributed by atoms with E-state index in [1.54, 1.807) is 3.96 Å². The smallest absolute Gasteiger partial charge is 0.376 e. The molecule has 1 saturated heterocycles. The third-order valence-electron chi connectivity index (χ3n) is 5.75. The van der Waals surface area contributed by atoms with Crippen LogP contribution in [0.5, 0.6) is 0 Å². The molecule has 1 N–H and O–H groups in total. The van der Waals surface area contributed by atoms with Gasteiger partial charge in [0.2, 0.25) is 0 Å². The molecule has 0 radical (unpaired) electrons. The Morgan fingerprint density at radius 1 is 1.12 bits per heavy atom. The Kier molecular flexibility index (Phi) is 6.70. The second-order valence-corrected chi connectivity index (χ2v) is 10.7. The standard InChI is InChI=1S/C24H26ClF3N4OS/c1-23(2,3)32-22(33)19(20(34-32)15-7-5-4-6-8-15)30-17-9-11-31(12-10-17)21-18(25)13-16(14-29-21)24(26,27)28/h4-8,13-14,17,30H,9-12H2,1-3H3. The fourth-order valence-corrected chi connectivity index (χ4v) is 5.39. The van der Waals surface area contributed by atoms with Gasteiger partial charge in [-0.05, 0) is 45.2 Å². The lowest BCUT2D eigenvalue weighted by molar-refractivity contribution is -0.137. The first kappa shape index (κ1) is 24.6. The van der Waals surface area contributed by atoms with E-state index in [2.05, 4.69) is 10.3 Å². The van der Waals surface area contributed by atoms with Crippen molar-refractivity contribution in [2.24, 2.45) is 0 Å². The van der Waals surface area contributed by atoms with Gasteiger partial charge in [0.15, 0.2) is 0 Å². The molecule has 1 fully saturated rings. The Hall–Kier alpha value is -2.52. The van der Waals surface area contributed by atoms with Crippen molar-refractivity contribution in [3.63, 3.8) is 0 Å². The number of hydrogen-bond acceptors (Lipinski definition) is 5. The summed E-state index contributed by atoms with van der Waals surface area (Å²) in [5.74, 6) is 0.351. The maximum absolute atomic E-state index is 13.3. The van der Waals surface area contributed by atoms with Crippen LogP contribution in [-0.4, -0.2) is 28.1 Å². The van der Waals surface area contributed by atoms with Crippen molar-refractivity contribution >= 4 is 34.6 Å². The van der Waals surface area contributed by atoms with Gasteiger partial charge in [-0.3, -0.25) is 8.75 Å². The van der Waals surface area contributed by atoms with Crippen LogP contribution in [0, 0.1) is 0 Å². The number of nitrogens with zero attached hydrogens (tertiary/aromatic N) is 3. The summed E-state index contributed by atoms with van der Waals surface area (Å²) in [6, 6.07) is 10.8. The molecular formula is C24H26ClF3N4OS. The molecule has 0 unspecified atom stereocenters. The van der Waals surface area contributed by atoms with Gasteiger partial charge in [0, 0.05) is 25.3 Å². The summed E-state index contributed by atoms with van der Waals surface area (Å²) in [6.07, 6.45) is -2.28. The molecule has 5 nitrogen and oxygen atoms in total. The highest BCUT2D eigenvalue weighted by Gasteiger charge is 2.33. The lowest BCUT2D eigenvalue weighted by Gasteiger charge is -2.34. The summed E-state index contributed by atoms with van der Waals surface area (Å²) in [7, 11) is 0. The number of alkyl halides is 3. The van der Waals surface area contributed by atoms with Crippen molar-refractivity contribution in [3.8, 4) is 10.4 Å². The van der Waals surface area contributed by atoms with Gasteiger partial charge in [-0.15, -0.1) is 0 Å². The molecule has 0 aliphatic carbocycles. The van der Waals surface area contributed by atoms with E-state index in [9.17, 15) is 18.0 Å². The molecule has 3 heterocycles. The van der Waals surface area contributed by atoms with E-state index in [0.717, 1.165) is 22.7 Å². The van der Waals surface area contributed by atoms with Crippen molar-refractivity contribution in [3.05, 3.63) is 63.5 Å². The average molecular weight is 511 g/mol. The van der Waals surface area contributed by atoms with Crippen molar-refractivity contribution < 1.29 is 13.2 Å². The Morgan fingerprint density at radius 3 is 2.32 bits per heavy atom. The number of aromatic nitrogens is 2. The van der Waals surface area contributed by atoms with Gasteiger partial charge < -0.3 is 10.2 Å². The van der Waals surface area contributed by atoms with Crippen LogP contribution in [0.25, 0.3) is 10.4 Å². The maximum atomic E-state index is 13.3. The summed E-state index contributed by atoms with van der Waals surface area (Å²) in [5, 5.41) is 3.46. The van der Waals surface area contributed by atoms with Crippen LogP contribution in [0.4, 0.5) is 24.7 Å². The van der Waals surface area contributed by atoms with Gasteiger partial charge in [0.05, 0.1) is 21.0 Å². The molecule has 0 amide bonds. The van der Waals surface area contributed by atoms with Crippen LogP contribution in [0.3, 0.4) is 0 Å². The van der Waals surface area contributed by atoms with Gasteiger partial charge in [-0.1, -0.05) is 53.5 Å². The fraction of sp³-hybridized carbons (Fsp3) is 0.417. The number of benzene rings is 1. The summed E-state index contributed by atoms with van der Waals surface area (Å²) >= 11 is 7.58. The van der Waals surface area contributed by atoms with Crippen LogP contribution in [-0.2, 0) is 11.7 Å². The number of pyridine rings is 1. The van der Waals surface area contributed by atoms with Crippen molar-refractivity contribution in [2.45, 2.75) is 51.4 Å². The van der Waals surface area contributed by atoms with E-state index in [1.807, 2.05) is 56.0 Å². The van der Waals surface area contributed by atoms with E-state index in [1.165, 1.54) is 11.5 Å². The number of rotatable bonds is 4. The van der Waals surface area contributed by atoms with E-state index in [4.69, 9.17) is 11.6 Å². The second-order valence-electron chi connectivity index (χ2n) is 9.36.